The van der Waals surface area contributed by atoms with Gasteiger partial charge in [0.15, 0.2) is 0 Å². The van der Waals surface area contributed by atoms with Crippen LogP contribution >= 0.6 is 0 Å². The minimum absolute atomic E-state index is 0.145. The van der Waals surface area contributed by atoms with Gasteiger partial charge in [0.05, 0.1) is 6.54 Å². The first-order chi connectivity index (χ1) is 10.5. The van der Waals surface area contributed by atoms with Gasteiger partial charge < -0.3 is 4.90 Å². The highest BCUT2D eigenvalue weighted by atomic mass is 15.1. The van der Waals surface area contributed by atoms with Gasteiger partial charge in [0.1, 0.15) is 0 Å². The lowest BCUT2D eigenvalue weighted by Gasteiger charge is -2.37. The Bertz CT molecular complexity index is 695. The molecule has 1 aliphatic rings. The molecule has 3 rings (SSSR count). The monoisotopic (exact) mass is 289 g/mol. The van der Waals surface area contributed by atoms with Gasteiger partial charge in [-0.25, -0.2) is 0 Å². The van der Waals surface area contributed by atoms with E-state index >= 15 is 0 Å². The number of rotatable bonds is 2. The summed E-state index contributed by atoms with van der Waals surface area (Å²) < 4.78 is 0. The lowest BCUT2D eigenvalue weighted by molar-refractivity contribution is 0.494. The van der Waals surface area contributed by atoms with Crippen LogP contribution < -0.4 is 4.90 Å². The fourth-order valence-electron chi connectivity index (χ4n) is 3.01. The zero-order chi connectivity index (χ0) is 15.7. The van der Waals surface area contributed by atoms with E-state index in [1.807, 2.05) is 0 Å². The highest BCUT2D eigenvalue weighted by Crippen LogP contribution is 2.41. The van der Waals surface area contributed by atoms with E-state index in [1.165, 1.54) is 28.0 Å². The Hall–Kier alpha value is -2.02. The molecule has 112 valence electrons. The molecule has 0 atom stereocenters. The Morgan fingerprint density at radius 3 is 2.59 bits per heavy atom. The molecule has 1 aliphatic heterocycles. The second kappa shape index (κ2) is 5.64. The highest BCUT2D eigenvalue weighted by Gasteiger charge is 2.30. The van der Waals surface area contributed by atoms with Crippen molar-refractivity contribution in [3.05, 3.63) is 71.8 Å². The van der Waals surface area contributed by atoms with Crippen LogP contribution in [0, 0.1) is 6.54 Å². The van der Waals surface area contributed by atoms with Crippen LogP contribution in [0.1, 0.15) is 43.9 Å². The molecule has 1 heteroatoms. The van der Waals surface area contributed by atoms with Gasteiger partial charge >= 0.3 is 0 Å². The van der Waals surface area contributed by atoms with Crippen LogP contribution in [0.4, 0.5) is 5.69 Å². The third kappa shape index (κ3) is 2.81. The minimum Gasteiger partial charge on any atom is -0.364 e. The molecule has 0 N–H and O–H groups in total. The maximum Gasteiger partial charge on any atom is 0.0917 e. The Morgan fingerprint density at radius 2 is 1.86 bits per heavy atom. The number of allylic oxidation sites excluding steroid dienone is 1. The predicted octanol–water partition coefficient (Wildman–Crippen LogP) is 5.40. The first-order valence-electron chi connectivity index (χ1n) is 7.83. The van der Waals surface area contributed by atoms with E-state index in [4.69, 9.17) is 0 Å². The van der Waals surface area contributed by atoms with Crippen molar-refractivity contribution in [1.29, 1.82) is 0 Å². The Labute approximate surface area is 134 Å². The van der Waals surface area contributed by atoms with Crippen molar-refractivity contribution in [2.75, 3.05) is 11.9 Å². The highest BCUT2D eigenvalue weighted by molar-refractivity contribution is 5.81. The largest absolute Gasteiger partial charge is 0.364 e. The predicted molar refractivity (Wildman–Crippen MR) is 95.7 cm³/mol. The standard InChI is InChI=1S/C21H23N/c1-16(18-8-6-5-7-9-18)14-17-10-11-20-19(15-17)21(2,3)12-13-22(20)4/h5-11,14-15H,12H2,1-4H3. The average Bonchev–Trinajstić information content (AvgIpc) is 2.52. The van der Waals surface area contributed by atoms with Crippen molar-refractivity contribution in [1.82, 2.24) is 0 Å². The molecule has 0 aromatic heterocycles. The summed E-state index contributed by atoms with van der Waals surface area (Å²) in [4.78, 5) is 2.12. The normalized spacial score (nSPS) is 17.3. The summed E-state index contributed by atoms with van der Waals surface area (Å²) in [6.45, 7) is 10.2. The van der Waals surface area contributed by atoms with Crippen LogP contribution in [0.25, 0.3) is 11.6 Å². The van der Waals surface area contributed by atoms with E-state index in [9.17, 15) is 0 Å². The second-order valence-electron chi connectivity index (χ2n) is 6.75. The Morgan fingerprint density at radius 1 is 1.14 bits per heavy atom. The number of anilines is 1. The average molecular weight is 289 g/mol. The third-order valence-electron chi connectivity index (χ3n) is 4.48. The van der Waals surface area contributed by atoms with Gasteiger partial charge in [-0.3, -0.25) is 0 Å². The summed E-state index contributed by atoms with van der Waals surface area (Å²) in [6, 6.07) is 17.3. The van der Waals surface area contributed by atoms with Crippen molar-refractivity contribution in [3.63, 3.8) is 0 Å². The summed E-state index contributed by atoms with van der Waals surface area (Å²) in [5, 5.41) is 0. The van der Waals surface area contributed by atoms with Gasteiger partial charge in [-0.1, -0.05) is 56.3 Å². The van der Waals surface area contributed by atoms with Crippen LogP contribution in [0.15, 0.2) is 48.5 Å². The number of hydrogen-bond donors (Lipinski definition) is 0. The number of fused-ring (bicyclic) bond motifs is 1. The summed E-state index contributed by atoms with van der Waals surface area (Å²) >= 11 is 0. The van der Waals surface area contributed by atoms with Crippen molar-refractivity contribution in [2.24, 2.45) is 0 Å². The van der Waals surface area contributed by atoms with Crippen molar-refractivity contribution >= 4 is 17.3 Å². The molecular formula is C21H23N. The van der Waals surface area contributed by atoms with E-state index in [0.29, 0.717) is 0 Å². The summed E-state index contributed by atoms with van der Waals surface area (Å²) in [6.07, 6.45) is 3.23. The molecule has 2 radical (unpaired) electrons. The maximum atomic E-state index is 3.43. The zero-order valence-corrected chi connectivity index (χ0v) is 13.9. The van der Waals surface area contributed by atoms with E-state index in [0.717, 1.165) is 6.42 Å². The first-order valence-corrected chi connectivity index (χ1v) is 7.83. The maximum absolute atomic E-state index is 3.43. The third-order valence-corrected chi connectivity index (χ3v) is 4.48. The lowest BCUT2D eigenvalue weighted by atomic mass is 9.77. The lowest BCUT2D eigenvalue weighted by Crippen LogP contribution is -2.31. The van der Waals surface area contributed by atoms with E-state index in [-0.39, 0.29) is 5.41 Å². The van der Waals surface area contributed by atoms with Gasteiger partial charge in [-0.15, -0.1) is 0 Å². The molecule has 0 amide bonds. The van der Waals surface area contributed by atoms with Gasteiger partial charge in [-0.2, -0.15) is 0 Å². The molecule has 0 bridgehead atoms. The van der Waals surface area contributed by atoms with Gasteiger partial charge in [0, 0.05) is 12.7 Å². The van der Waals surface area contributed by atoms with E-state index < -0.39 is 0 Å². The van der Waals surface area contributed by atoms with E-state index in [2.05, 4.69) is 93.9 Å². The van der Waals surface area contributed by atoms with Crippen LogP contribution in [0.3, 0.4) is 0 Å². The van der Waals surface area contributed by atoms with E-state index in [1.54, 1.807) is 0 Å². The number of nitrogens with zero attached hydrogens (tertiary/aromatic N) is 1. The topological polar surface area (TPSA) is 3.24 Å². The molecule has 1 heterocycles. The van der Waals surface area contributed by atoms with Gasteiger partial charge in [0.2, 0.25) is 0 Å². The fourth-order valence-corrected chi connectivity index (χ4v) is 3.01. The molecule has 0 aliphatic carbocycles. The zero-order valence-electron chi connectivity index (χ0n) is 13.9. The molecular weight excluding hydrogens is 266 g/mol. The quantitative estimate of drug-likeness (QED) is 0.669. The summed E-state index contributed by atoms with van der Waals surface area (Å²) in [5.41, 5.74) is 6.66. The van der Waals surface area contributed by atoms with Crippen LogP contribution in [-0.2, 0) is 5.41 Å². The number of hydrogen-bond acceptors (Lipinski definition) is 1. The van der Waals surface area contributed by atoms with Crippen molar-refractivity contribution in [2.45, 2.75) is 32.6 Å². The molecule has 0 spiro atoms. The second-order valence-corrected chi connectivity index (χ2v) is 6.75. The van der Waals surface area contributed by atoms with Gasteiger partial charge in [0.25, 0.3) is 0 Å². The van der Waals surface area contributed by atoms with Gasteiger partial charge in [-0.05, 0) is 53.2 Å². The molecule has 0 unspecified atom stereocenters. The molecule has 1 nitrogen and oxygen atoms in total. The molecule has 2 aromatic carbocycles. The Kier molecular flexibility index (Phi) is 3.82. The summed E-state index contributed by atoms with van der Waals surface area (Å²) in [7, 11) is 2.08. The summed E-state index contributed by atoms with van der Waals surface area (Å²) in [5.74, 6) is 0. The van der Waals surface area contributed by atoms with Crippen LogP contribution in [0.2, 0.25) is 0 Å². The molecule has 0 fully saturated rings. The van der Waals surface area contributed by atoms with Crippen LogP contribution in [-0.4, -0.2) is 7.05 Å². The smallest absolute Gasteiger partial charge is 0.0917 e. The molecule has 0 saturated heterocycles. The van der Waals surface area contributed by atoms with Crippen molar-refractivity contribution < 1.29 is 0 Å². The molecule has 2 aromatic rings. The SMILES string of the molecule is CC(=Cc1ccc2c(c1)C(C)(C)C[C]N2C)c1ccccc1. The Balaban J connectivity index is 2.00. The molecule has 22 heavy (non-hydrogen) atoms. The van der Waals surface area contributed by atoms with Crippen LogP contribution in [0.5, 0.6) is 0 Å². The minimum atomic E-state index is 0.145. The van der Waals surface area contributed by atoms with Crippen molar-refractivity contribution in [3.8, 4) is 0 Å². The fraction of sp³-hybridized carbons (Fsp3) is 0.286. The first kappa shape index (κ1) is 14.9. The number of benzene rings is 2. The molecule has 0 saturated carbocycles.